The van der Waals surface area contributed by atoms with E-state index in [1.165, 1.54) is 0 Å². The molecule has 144 valence electrons. The predicted molar refractivity (Wildman–Crippen MR) is 104 cm³/mol. The first-order valence-electron chi connectivity index (χ1n) is 9.20. The number of aryl methyl sites for hydroxylation is 1. The lowest BCUT2D eigenvalue weighted by molar-refractivity contribution is -0.0193. The molecule has 0 spiro atoms. The lowest BCUT2D eigenvalue weighted by Crippen LogP contribution is -2.47. The Hall–Kier alpha value is -3.26. The van der Waals surface area contributed by atoms with Crippen molar-refractivity contribution in [3.8, 4) is 5.69 Å². The second kappa shape index (κ2) is 7.40. The third kappa shape index (κ3) is 3.72. The van der Waals surface area contributed by atoms with E-state index >= 15 is 0 Å². The lowest BCUT2D eigenvalue weighted by Gasteiger charge is -2.37. The zero-order chi connectivity index (χ0) is 19.6. The molecular formula is C20H22N6O2. The fourth-order valence-corrected chi connectivity index (χ4v) is 3.36. The van der Waals surface area contributed by atoms with E-state index in [-0.39, 0.29) is 6.03 Å². The highest BCUT2D eigenvalue weighted by molar-refractivity contribution is 5.89. The Morgan fingerprint density at radius 1 is 1.14 bits per heavy atom. The number of piperidine rings is 1. The Kier molecular flexibility index (Phi) is 4.79. The molecule has 8 nitrogen and oxygen atoms in total. The zero-order valence-electron chi connectivity index (χ0n) is 15.6. The van der Waals surface area contributed by atoms with Crippen molar-refractivity contribution in [2.45, 2.75) is 25.4 Å². The van der Waals surface area contributed by atoms with Crippen molar-refractivity contribution in [3.63, 3.8) is 0 Å². The van der Waals surface area contributed by atoms with Gasteiger partial charge in [-0.25, -0.2) is 4.79 Å². The fraction of sp³-hybridized carbons (Fsp3) is 0.300. The van der Waals surface area contributed by atoms with Crippen molar-refractivity contribution < 1.29 is 9.90 Å². The fourth-order valence-electron chi connectivity index (χ4n) is 3.36. The average molecular weight is 378 g/mol. The molecule has 8 heteroatoms. The highest BCUT2D eigenvalue weighted by Crippen LogP contribution is 2.31. The molecule has 0 aliphatic carbocycles. The van der Waals surface area contributed by atoms with Gasteiger partial charge in [0.25, 0.3) is 0 Å². The van der Waals surface area contributed by atoms with Gasteiger partial charge in [-0.2, -0.15) is 0 Å². The maximum absolute atomic E-state index is 12.6. The SMILES string of the molecule is Cc1ccc(C2(O)CCN(C(=O)Nc3cccc(-n4cnnc4)c3)CC2)nc1. The Labute approximate surface area is 162 Å². The first-order valence-corrected chi connectivity index (χ1v) is 9.20. The van der Waals surface area contributed by atoms with Gasteiger partial charge in [0.15, 0.2) is 0 Å². The summed E-state index contributed by atoms with van der Waals surface area (Å²) in [5.41, 5.74) is 2.29. The molecule has 1 aliphatic heterocycles. The third-order valence-corrected chi connectivity index (χ3v) is 5.08. The van der Waals surface area contributed by atoms with Crippen LogP contribution in [0.1, 0.15) is 24.1 Å². The summed E-state index contributed by atoms with van der Waals surface area (Å²) in [7, 11) is 0. The van der Waals surface area contributed by atoms with Gasteiger partial charge in [-0.15, -0.1) is 10.2 Å². The maximum Gasteiger partial charge on any atom is 0.321 e. The molecule has 1 aliphatic rings. The summed E-state index contributed by atoms with van der Waals surface area (Å²) >= 11 is 0. The minimum atomic E-state index is -0.987. The molecule has 4 rings (SSSR count). The normalized spacial score (nSPS) is 16.0. The van der Waals surface area contributed by atoms with Crippen molar-refractivity contribution in [1.82, 2.24) is 24.6 Å². The molecular weight excluding hydrogens is 356 g/mol. The number of anilines is 1. The average Bonchev–Trinajstić information content (AvgIpc) is 3.24. The van der Waals surface area contributed by atoms with Crippen LogP contribution in [0.5, 0.6) is 0 Å². The molecule has 3 heterocycles. The van der Waals surface area contributed by atoms with E-state index in [0.717, 1.165) is 11.3 Å². The summed E-state index contributed by atoms with van der Waals surface area (Å²) in [6.45, 7) is 2.89. The molecule has 1 saturated heterocycles. The van der Waals surface area contributed by atoms with E-state index in [2.05, 4.69) is 20.5 Å². The number of nitrogens with zero attached hydrogens (tertiary/aromatic N) is 5. The molecule has 1 aromatic carbocycles. The van der Waals surface area contributed by atoms with Crippen LogP contribution in [0.3, 0.4) is 0 Å². The number of benzene rings is 1. The molecule has 0 unspecified atom stereocenters. The van der Waals surface area contributed by atoms with Gasteiger partial charge in [-0.3, -0.25) is 9.55 Å². The van der Waals surface area contributed by atoms with Gasteiger partial charge in [0.2, 0.25) is 0 Å². The largest absolute Gasteiger partial charge is 0.383 e. The number of carbonyl (C=O) groups excluding carboxylic acids is 1. The number of aromatic nitrogens is 4. The van der Waals surface area contributed by atoms with Gasteiger partial charge in [0, 0.05) is 25.0 Å². The monoisotopic (exact) mass is 378 g/mol. The van der Waals surface area contributed by atoms with Crippen LogP contribution < -0.4 is 5.32 Å². The van der Waals surface area contributed by atoms with Crippen molar-refractivity contribution in [1.29, 1.82) is 0 Å². The summed E-state index contributed by atoms with van der Waals surface area (Å²) in [6, 6.07) is 11.1. The first kappa shape index (κ1) is 18.1. The van der Waals surface area contributed by atoms with E-state index < -0.39 is 5.60 Å². The van der Waals surface area contributed by atoms with Crippen LogP contribution in [0.4, 0.5) is 10.5 Å². The Morgan fingerprint density at radius 2 is 1.89 bits per heavy atom. The van der Waals surface area contributed by atoms with E-state index in [4.69, 9.17) is 0 Å². The second-order valence-electron chi connectivity index (χ2n) is 7.09. The van der Waals surface area contributed by atoms with E-state index in [1.807, 2.05) is 43.3 Å². The number of likely N-dealkylation sites (tertiary alicyclic amines) is 1. The molecule has 0 atom stereocenters. The number of urea groups is 1. The Bertz CT molecular complexity index is 947. The second-order valence-corrected chi connectivity index (χ2v) is 7.09. The number of hydrogen-bond acceptors (Lipinski definition) is 5. The Balaban J connectivity index is 1.39. The molecule has 2 amide bonds. The summed E-state index contributed by atoms with van der Waals surface area (Å²) in [6.07, 6.45) is 5.88. The van der Waals surface area contributed by atoms with Gasteiger partial charge in [0.05, 0.1) is 11.4 Å². The van der Waals surface area contributed by atoms with Gasteiger partial charge < -0.3 is 15.3 Å². The number of pyridine rings is 1. The lowest BCUT2D eigenvalue weighted by atomic mass is 9.87. The summed E-state index contributed by atoms with van der Waals surface area (Å²) in [4.78, 5) is 18.7. The van der Waals surface area contributed by atoms with Crippen LogP contribution in [0.2, 0.25) is 0 Å². The molecule has 2 aromatic heterocycles. The summed E-state index contributed by atoms with van der Waals surface area (Å²) in [5, 5.41) is 21.4. The molecule has 0 saturated carbocycles. The molecule has 3 aromatic rings. The number of rotatable bonds is 3. The van der Waals surface area contributed by atoms with Crippen LogP contribution in [0.15, 0.2) is 55.2 Å². The standard InChI is InChI=1S/C20H22N6O2/c1-15-5-6-18(21-12-15)20(28)7-9-25(10-8-20)19(27)24-16-3-2-4-17(11-16)26-13-22-23-14-26/h2-6,11-14,28H,7-10H2,1H3,(H,24,27). The van der Waals surface area contributed by atoms with Crippen LogP contribution in [-0.2, 0) is 5.60 Å². The predicted octanol–water partition coefficient (Wildman–Crippen LogP) is 2.49. The minimum Gasteiger partial charge on any atom is -0.383 e. The molecule has 2 N–H and O–H groups in total. The van der Waals surface area contributed by atoms with Crippen LogP contribution in [0.25, 0.3) is 5.69 Å². The molecule has 0 bridgehead atoms. The number of nitrogens with one attached hydrogen (secondary N) is 1. The third-order valence-electron chi connectivity index (χ3n) is 5.08. The van der Waals surface area contributed by atoms with Crippen LogP contribution in [0, 0.1) is 6.92 Å². The quantitative estimate of drug-likeness (QED) is 0.730. The van der Waals surface area contributed by atoms with Gasteiger partial charge in [-0.1, -0.05) is 12.1 Å². The zero-order valence-corrected chi connectivity index (χ0v) is 15.6. The van der Waals surface area contributed by atoms with Crippen molar-refractivity contribution >= 4 is 11.7 Å². The summed E-state index contributed by atoms with van der Waals surface area (Å²) < 4.78 is 1.77. The number of amides is 2. The smallest absolute Gasteiger partial charge is 0.321 e. The molecule has 0 radical (unpaired) electrons. The van der Waals surface area contributed by atoms with Gasteiger partial charge >= 0.3 is 6.03 Å². The summed E-state index contributed by atoms with van der Waals surface area (Å²) in [5.74, 6) is 0. The molecule has 28 heavy (non-hydrogen) atoms. The van der Waals surface area contributed by atoms with Crippen molar-refractivity contribution in [2.24, 2.45) is 0 Å². The van der Waals surface area contributed by atoms with Crippen LogP contribution in [-0.4, -0.2) is 48.9 Å². The Morgan fingerprint density at radius 3 is 2.57 bits per heavy atom. The van der Waals surface area contributed by atoms with Crippen LogP contribution >= 0.6 is 0 Å². The van der Waals surface area contributed by atoms with E-state index in [9.17, 15) is 9.90 Å². The number of hydrogen-bond donors (Lipinski definition) is 2. The highest BCUT2D eigenvalue weighted by atomic mass is 16.3. The van der Waals surface area contributed by atoms with Crippen molar-refractivity contribution in [2.75, 3.05) is 18.4 Å². The maximum atomic E-state index is 12.6. The first-order chi connectivity index (χ1) is 13.5. The highest BCUT2D eigenvalue weighted by Gasteiger charge is 2.36. The van der Waals surface area contributed by atoms with E-state index in [0.29, 0.717) is 37.3 Å². The van der Waals surface area contributed by atoms with Gasteiger partial charge in [0.1, 0.15) is 18.3 Å². The van der Waals surface area contributed by atoms with Gasteiger partial charge in [-0.05, 0) is 49.6 Å². The van der Waals surface area contributed by atoms with E-state index in [1.54, 1.807) is 28.3 Å². The van der Waals surface area contributed by atoms with Crippen molar-refractivity contribution in [3.05, 3.63) is 66.5 Å². The number of carbonyl (C=O) groups is 1. The minimum absolute atomic E-state index is 0.181. The molecule has 1 fully saturated rings. The number of aliphatic hydroxyl groups is 1. The topological polar surface area (TPSA) is 96.2 Å².